The second-order valence-corrected chi connectivity index (χ2v) is 8.43. The maximum Gasteiger partial charge on any atom is 0.238 e. The smallest absolute Gasteiger partial charge is 0.211 e. The summed E-state index contributed by atoms with van der Waals surface area (Å²) in [6, 6.07) is 4.53. The Hall–Kier alpha value is 0.154. The summed E-state index contributed by atoms with van der Waals surface area (Å²) in [5, 5.41) is 0. The molecule has 0 bridgehead atoms. The van der Waals surface area contributed by atoms with E-state index in [0.717, 1.165) is 12.1 Å². The molecular formula is C10H22F4Si2. The molecule has 0 radical (unpaired) electrons. The third-order valence-corrected chi connectivity index (χ3v) is 7.59. The fraction of sp³-hybridized carbons (Fsp3) is 1.00. The van der Waals surface area contributed by atoms with Crippen LogP contribution >= 0.6 is 0 Å². The van der Waals surface area contributed by atoms with Crippen LogP contribution in [0.3, 0.4) is 0 Å². The van der Waals surface area contributed by atoms with Crippen LogP contribution in [0.2, 0.25) is 24.2 Å². The Kier molecular flexibility index (Phi) is 11.7. The Balaban J connectivity index is 2.93. The lowest BCUT2D eigenvalue weighted by atomic mass is 10.3. The van der Waals surface area contributed by atoms with Crippen molar-refractivity contribution >= 4 is 19.0 Å². The van der Waals surface area contributed by atoms with Gasteiger partial charge in [0.2, 0.25) is 12.9 Å². The van der Waals surface area contributed by atoms with E-state index in [0.29, 0.717) is 12.8 Å². The molecule has 0 heterocycles. The minimum absolute atomic E-state index is 0.0544. The predicted octanol–water partition coefficient (Wildman–Crippen LogP) is 3.09. The molecule has 0 amide bonds. The molecule has 0 aromatic rings. The number of halogens is 4. The van der Waals surface area contributed by atoms with Gasteiger partial charge < -0.3 is 0 Å². The van der Waals surface area contributed by atoms with Gasteiger partial charge in [-0.3, -0.25) is 0 Å². The van der Waals surface area contributed by atoms with Crippen molar-refractivity contribution < 1.29 is 17.6 Å². The first-order valence-corrected chi connectivity index (χ1v) is 10.2. The van der Waals surface area contributed by atoms with Gasteiger partial charge in [-0.25, -0.2) is 17.6 Å². The summed E-state index contributed by atoms with van der Waals surface area (Å²) in [7, 11) is -0.257. The van der Waals surface area contributed by atoms with Crippen molar-refractivity contribution in [2.45, 2.75) is 62.7 Å². The minimum atomic E-state index is -2.14. The average Bonchev–Trinajstić information content (AvgIpc) is 2.20. The van der Waals surface area contributed by atoms with Crippen LogP contribution in [0.25, 0.3) is 0 Å². The minimum Gasteiger partial charge on any atom is -0.211 e. The molecule has 0 N–H and O–H groups in total. The molecule has 0 saturated heterocycles. The Morgan fingerprint density at radius 2 is 1.00 bits per heavy atom. The summed E-state index contributed by atoms with van der Waals surface area (Å²) < 4.78 is 47.1. The lowest BCUT2D eigenvalue weighted by Gasteiger charge is -2.01. The zero-order valence-corrected chi connectivity index (χ0v) is 12.6. The van der Waals surface area contributed by atoms with Gasteiger partial charge in [0.1, 0.15) is 0 Å². The standard InChI is InChI=1S/C10H22F4Si2/c11-9(12)3-1-5-15-7-8-16-6-2-4-10(13)14/h9-10H,1-8,15-16H2. The second kappa shape index (κ2) is 11.6. The fourth-order valence-electron chi connectivity index (χ4n) is 1.66. The van der Waals surface area contributed by atoms with E-state index in [1.165, 1.54) is 12.1 Å². The lowest BCUT2D eigenvalue weighted by Crippen LogP contribution is -1.97. The van der Waals surface area contributed by atoms with Crippen molar-refractivity contribution in [1.29, 1.82) is 0 Å². The summed E-state index contributed by atoms with van der Waals surface area (Å²) in [5.74, 6) is 0. The van der Waals surface area contributed by atoms with E-state index in [1.807, 2.05) is 0 Å². The maximum absolute atomic E-state index is 11.8. The summed E-state index contributed by atoms with van der Waals surface area (Å²) in [6.07, 6.45) is -2.82. The van der Waals surface area contributed by atoms with Gasteiger partial charge in [-0.2, -0.15) is 0 Å². The molecule has 0 rings (SSSR count). The third kappa shape index (κ3) is 14.2. The van der Waals surface area contributed by atoms with E-state index in [-0.39, 0.29) is 31.9 Å². The average molecular weight is 274 g/mol. The van der Waals surface area contributed by atoms with E-state index >= 15 is 0 Å². The highest BCUT2D eigenvalue weighted by molar-refractivity contribution is 6.42. The summed E-state index contributed by atoms with van der Waals surface area (Å²) >= 11 is 0. The van der Waals surface area contributed by atoms with Crippen LogP contribution in [0.4, 0.5) is 17.6 Å². The summed E-state index contributed by atoms with van der Waals surface area (Å²) in [5.41, 5.74) is 0. The first kappa shape index (κ1) is 16.2. The molecule has 0 unspecified atom stereocenters. The highest BCUT2D eigenvalue weighted by Gasteiger charge is 2.02. The maximum atomic E-state index is 11.8. The highest BCUT2D eigenvalue weighted by atomic mass is 28.2. The first-order valence-electron chi connectivity index (χ1n) is 6.19. The first-order chi connectivity index (χ1) is 7.63. The zero-order chi connectivity index (χ0) is 12.2. The van der Waals surface area contributed by atoms with Crippen LogP contribution < -0.4 is 0 Å². The number of rotatable bonds is 11. The molecule has 0 aliphatic carbocycles. The molecule has 0 aromatic carbocycles. The van der Waals surface area contributed by atoms with Gasteiger partial charge in [0.05, 0.1) is 0 Å². The quantitative estimate of drug-likeness (QED) is 0.308. The monoisotopic (exact) mass is 274 g/mol. The van der Waals surface area contributed by atoms with Crippen molar-refractivity contribution in [2.75, 3.05) is 0 Å². The molecule has 0 atom stereocenters. The van der Waals surface area contributed by atoms with Gasteiger partial charge in [0, 0.05) is 31.9 Å². The van der Waals surface area contributed by atoms with Crippen LogP contribution in [0, 0.1) is 0 Å². The largest absolute Gasteiger partial charge is 0.238 e. The summed E-state index contributed by atoms with van der Waals surface area (Å²) in [6.45, 7) is 0. The van der Waals surface area contributed by atoms with Crippen molar-refractivity contribution in [2.24, 2.45) is 0 Å². The van der Waals surface area contributed by atoms with Crippen LogP contribution in [0.5, 0.6) is 0 Å². The van der Waals surface area contributed by atoms with Crippen LogP contribution in [-0.2, 0) is 0 Å². The zero-order valence-electron chi connectivity index (χ0n) is 9.74. The van der Waals surface area contributed by atoms with E-state index < -0.39 is 12.9 Å². The van der Waals surface area contributed by atoms with Gasteiger partial charge in [0.15, 0.2) is 0 Å². The SMILES string of the molecule is FC(F)CCC[SiH2]CC[SiH2]CCCC(F)F. The van der Waals surface area contributed by atoms with Crippen LogP contribution in [0.1, 0.15) is 25.7 Å². The van der Waals surface area contributed by atoms with E-state index in [4.69, 9.17) is 0 Å². The van der Waals surface area contributed by atoms with Crippen LogP contribution in [-0.4, -0.2) is 31.9 Å². The second-order valence-electron chi connectivity index (χ2n) is 4.19. The van der Waals surface area contributed by atoms with E-state index in [1.54, 1.807) is 0 Å². The molecule has 0 nitrogen and oxygen atoms in total. The molecule has 0 aromatic heterocycles. The highest BCUT2D eigenvalue weighted by Crippen LogP contribution is 2.09. The molecule has 0 spiro atoms. The van der Waals surface area contributed by atoms with Crippen molar-refractivity contribution in [3.63, 3.8) is 0 Å². The van der Waals surface area contributed by atoms with Gasteiger partial charge in [0.25, 0.3) is 0 Å². The number of hydrogen-bond donors (Lipinski definition) is 0. The lowest BCUT2D eigenvalue weighted by molar-refractivity contribution is 0.136. The third-order valence-electron chi connectivity index (χ3n) is 2.59. The predicted molar refractivity (Wildman–Crippen MR) is 66.8 cm³/mol. The van der Waals surface area contributed by atoms with E-state index in [2.05, 4.69) is 0 Å². The van der Waals surface area contributed by atoms with E-state index in [9.17, 15) is 17.6 Å². The summed E-state index contributed by atoms with van der Waals surface area (Å²) in [4.78, 5) is 0. The normalized spacial score (nSPS) is 13.1. The van der Waals surface area contributed by atoms with Gasteiger partial charge in [-0.05, 0) is 0 Å². The molecule has 0 fully saturated rings. The van der Waals surface area contributed by atoms with Crippen molar-refractivity contribution in [3.8, 4) is 0 Å². The van der Waals surface area contributed by atoms with Crippen LogP contribution in [0.15, 0.2) is 0 Å². The number of hydrogen-bond acceptors (Lipinski definition) is 0. The topological polar surface area (TPSA) is 0 Å². The number of alkyl halides is 4. The molecular weight excluding hydrogens is 252 g/mol. The Bertz CT molecular complexity index is 129. The Labute approximate surface area is 99.8 Å². The molecule has 0 aliphatic rings. The molecule has 16 heavy (non-hydrogen) atoms. The molecule has 6 heteroatoms. The van der Waals surface area contributed by atoms with Crippen molar-refractivity contribution in [1.82, 2.24) is 0 Å². The van der Waals surface area contributed by atoms with Gasteiger partial charge in [-0.1, -0.05) is 37.0 Å². The van der Waals surface area contributed by atoms with Crippen molar-refractivity contribution in [3.05, 3.63) is 0 Å². The molecule has 0 aliphatic heterocycles. The Morgan fingerprint density at radius 3 is 1.31 bits per heavy atom. The fourth-order valence-corrected chi connectivity index (χ4v) is 6.48. The molecule has 0 saturated carbocycles. The van der Waals surface area contributed by atoms with Gasteiger partial charge in [-0.15, -0.1) is 0 Å². The van der Waals surface area contributed by atoms with Gasteiger partial charge >= 0.3 is 0 Å². The molecule has 98 valence electrons. The Morgan fingerprint density at radius 1 is 0.625 bits per heavy atom.